The van der Waals surface area contributed by atoms with Gasteiger partial charge in [-0.25, -0.2) is 0 Å². The molecule has 1 atom stereocenters. The lowest BCUT2D eigenvalue weighted by atomic mass is 10.1. The van der Waals surface area contributed by atoms with Crippen molar-refractivity contribution in [1.82, 2.24) is 15.2 Å². The lowest BCUT2D eigenvalue weighted by molar-refractivity contribution is 0.0937. The van der Waals surface area contributed by atoms with Gasteiger partial charge in [0.1, 0.15) is 0 Å². The number of carbonyl (C=O) groups is 1. The van der Waals surface area contributed by atoms with Crippen LogP contribution in [0.3, 0.4) is 0 Å². The number of hydrogen-bond donors (Lipinski definition) is 2. The number of carbonyl (C=O) groups excluding carboxylic acids is 1. The number of aromatic amines is 1. The summed E-state index contributed by atoms with van der Waals surface area (Å²) in [6.07, 6.45) is 3.11. The molecule has 4 nitrogen and oxygen atoms in total. The highest BCUT2D eigenvalue weighted by molar-refractivity contribution is 5.94. The van der Waals surface area contributed by atoms with Crippen molar-refractivity contribution in [1.29, 1.82) is 0 Å². The molecule has 0 spiro atoms. The van der Waals surface area contributed by atoms with Crippen LogP contribution in [0.2, 0.25) is 0 Å². The first-order valence-electron chi connectivity index (χ1n) is 8.84. The fourth-order valence-corrected chi connectivity index (χ4v) is 3.62. The highest BCUT2D eigenvalue weighted by Crippen LogP contribution is 2.22. The molecule has 25 heavy (non-hydrogen) atoms. The number of likely N-dealkylation sites (tertiary alicyclic amines) is 1. The van der Waals surface area contributed by atoms with Crippen molar-refractivity contribution in [3.8, 4) is 0 Å². The molecule has 1 aliphatic rings. The fraction of sp³-hybridized carbons (Fsp3) is 0.286. The molecule has 2 heterocycles. The lowest BCUT2D eigenvalue weighted by Gasteiger charge is -2.16. The van der Waals surface area contributed by atoms with Crippen molar-refractivity contribution < 1.29 is 4.79 Å². The highest BCUT2D eigenvalue weighted by Gasteiger charge is 2.24. The third kappa shape index (κ3) is 3.44. The summed E-state index contributed by atoms with van der Waals surface area (Å²) in [5.41, 5.74) is 4.52. The van der Waals surface area contributed by atoms with Crippen molar-refractivity contribution in [2.24, 2.45) is 0 Å². The molecule has 3 aromatic rings. The van der Waals surface area contributed by atoms with Crippen LogP contribution in [0.1, 0.15) is 27.9 Å². The number of benzene rings is 2. The molecule has 4 rings (SSSR count). The molecule has 0 radical (unpaired) electrons. The van der Waals surface area contributed by atoms with Gasteiger partial charge in [0.2, 0.25) is 0 Å². The molecule has 0 saturated carbocycles. The second kappa shape index (κ2) is 6.73. The molecule has 1 amide bonds. The molecule has 2 aromatic carbocycles. The van der Waals surface area contributed by atoms with Crippen LogP contribution < -0.4 is 5.32 Å². The van der Waals surface area contributed by atoms with Gasteiger partial charge in [-0.2, -0.15) is 0 Å². The summed E-state index contributed by atoms with van der Waals surface area (Å²) in [6.45, 7) is 4.94. The van der Waals surface area contributed by atoms with E-state index in [1.54, 1.807) is 0 Å². The first-order chi connectivity index (χ1) is 12.2. The molecule has 4 heteroatoms. The maximum absolute atomic E-state index is 12.3. The number of H-pyrrole nitrogens is 1. The van der Waals surface area contributed by atoms with Crippen molar-refractivity contribution >= 4 is 16.8 Å². The topological polar surface area (TPSA) is 48.1 Å². The van der Waals surface area contributed by atoms with E-state index in [1.165, 1.54) is 22.0 Å². The Labute approximate surface area is 147 Å². The van der Waals surface area contributed by atoms with E-state index in [0.29, 0.717) is 0 Å². The van der Waals surface area contributed by atoms with Crippen molar-refractivity contribution in [3.63, 3.8) is 0 Å². The Kier molecular flexibility index (Phi) is 4.28. The predicted octanol–water partition coefficient (Wildman–Crippen LogP) is 3.48. The average Bonchev–Trinajstić information content (AvgIpc) is 3.23. The summed E-state index contributed by atoms with van der Waals surface area (Å²) in [6, 6.07) is 16.2. The summed E-state index contributed by atoms with van der Waals surface area (Å²) in [4.78, 5) is 18.1. The number of rotatable bonds is 4. The van der Waals surface area contributed by atoms with E-state index in [1.807, 2.05) is 30.3 Å². The van der Waals surface area contributed by atoms with Gasteiger partial charge in [-0.3, -0.25) is 9.69 Å². The van der Waals surface area contributed by atoms with E-state index in [0.717, 1.165) is 31.6 Å². The van der Waals surface area contributed by atoms with Gasteiger partial charge in [-0.15, -0.1) is 0 Å². The van der Waals surface area contributed by atoms with Crippen LogP contribution in [0, 0.1) is 6.92 Å². The van der Waals surface area contributed by atoms with Gasteiger partial charge in [-0.05, 0) is 42.7 Å². The van der Waals surface area contributed by atoms with Crippen LogP contribution in [-0.2, 0) is 6.54 Å². The van der Waals surface area contributed by atoms with Crippen LogP contribution in [0.4, 0.5) is 0 Å². The zero-order valence-corrected chi connectivity index (χ0v) is 14.5. The highest BCUT2D eigenvalue weighted by atomic mass is 16.1. The Bertz CT molecular complexity index is 885. The summed E-state index contributed by atoms with van der Waals surface area (Å²) < 4.78 is 0. The van der Waals surface area contributed by atoms with Gasteiger partial charge >= 0.3 is 0 Å². The van der Waals surface area contributed by atoms with Gasteiger partial charge in [0.25, 0.3) is 5.91 Å². The molecule has 2 N–H and O–H groups in total. The van der Waals surface area contributed by atoms with E-state index in [4.69, 9.17) is 0 Å². The summed E-state index contributed by atoms with van der Waals surface area (Å²) in [7, 11) is 0. The van der Waals surface area contributed by atoms with Crippen molar-refractivity contribution in [2.45, 2.75) is 25.9 Å². The Morgan fingerprint density at radius 1 is 1.24 bits per heavy atom. The molecular weight excluding hydrogens is 310 g/mol. The summed E-state index contributed by atoms with van der Waals surface area (Å²) in [5.74, 6) is 0.0232. The summed E-state index contributed by atoms with van der Waals surface area (Å²) >= 11 is 0. The number of nitrogens with one attached hydrogen (secondary N) is 2. The van der Waals surface area contributed by atoms with Crippen LogP contribution in [-0.4, -0.2) is 34.9 Å². The minimum atomic E-state index is 0.0232. The van der Waals surface area contributed by atoms with Crippen LogP contribution in [0.15, 0.2) is 54.7 Å². The quantitative estimate of drug-likeness (QED) is 0.768. The second-order valence-corrected chi connectivity index (χ2v) is 6.92. The first kappa shape index (κ1) is 15.9. The van der Waals surface area contributed by atoms with E-state index in [9.17, 15) is 4.79 Å². The molecule has 1 unspecified atom stereocenters. The number of aromatic nitrogens is 1. The van der Waals surface area contributed by atoms with Crippen molar-refractivity contribution in [3.05, 3.63) is 71.4 Å². The van der Waals surface area contributed by atoms with Crippen molar-refractivity contribution in [2.75, 3.05) is 13.1 Å². The smallest absolute Gasteiger partial charge is 0.251 e. The molecule has 1 saturated heterocycles. The monoisotopic (exact) mass is 333 g/mol. The van der Waals surface area contributed by atoms with Crippen LogP contribution in [0.5, 0.6) is 0 Å². The zero-order chi connectivity index (χ0) is 17.2. The van der Waals surface area contributed by atoms with Gasteiger partial charge in [-0.1, -0.05) is 30.3 Å². The first-order valence-corrected chi connectivity index (χ1v) is 8.84. The molecule has 1 aliphatic heterocycles. The van der Waals surface area contributed by atoms with E-state index in [2.05, 4.69) is 46.5 Å². The van der Waals surface area contributed by atoms with E-state index < -0.39 is 0 Å². The van der Waals surface area contributed by atoms with Crippen LogP contribution in [0.25, 0.3) is 10.9 Å². The molecule has 1 fully saturated rings. The maximum Gasteiger partial charge on any atom is 0.251 e. The normalized spacial score (nSPS) is 17.9. The Balaban J connectivity index is 1.38. The Morgan fingerprint density at radius 2 is 2.08 bits per heavy atom. The second-order valence-electron chi connectivity index (χ2n) is 6.92. The fourth-order valence-electron chi connectivity index (χ4n) is 3.62. The number of fused-ring (bicyclic) bond motifs is 1. The van der Waals surface area contributed by atoms with E-state index >= 15 is 0 Å². The van der Waals surface area contributed by atoms with Gasteiger partial charge in [0.15, 0.2) is 0 Å². The van der Waals surface area contributed by atoms with E-state index in [-0.39, 0.29) is 11.9 Å². The summed E-state index contributed by atoms with van der Waals surface area (Å²) in [5, 5.41) is 4.45. The number of hydrogen-bond acceptors (Lipinski definition) is 2. The number of nitrogens with zero attached hydrogens (tertiary/aromatic N) is 1. The van der Waals surface area contributed by atoms with Gasteiger partial charge in [0, 0.05) is 48.3 Å². The standard InChI is InChI=1S/C21H23N3O/c1-15-7-8-19-17(12-22-20(19)11-15)13-24-10-9-18(14-24)23-21(25)16-5-3-2-4-6-16/h2-8,11-12,18,22H,9-10,13-14H2,1H3,(H,23,25). The molecule has 0 bridgehead atoms. The minimum absolute atomic E-state index is 0.0232. The molecule has 0 aliphatic carbocycles. The predicted molar refractivity (Wildman–Crippen MR) is 101 cm³/mol. The minimum Gasteiger partial charge on any atom is -0.361 e. The maximum atomic E-state index is 12.3. The number of amides is 1. The van der Waals surface area contributed by atoms with Gasteiger partial charge in [0.05, 0.1) is 0 Å². The molecule has 1 aromatic heterocycles. The third-order valence-electron chi connectivity index (χ3n) is 4.96. The molecule has 128 valence electrons. The van der Waals surface area contributed by atoms with Crippen LogP contribution >= 0.6 is 0 Å². The largest absolute Gasteiger partial charge is 0.361 e. The average molecular weight is 333 g/mol. The zero-order valence-electron chi connectivity index (χ0n) is 14.5. The third-order valence-corrected chi connectivity index (χ3v) is 4.96. The molecular formula is C21H23N3O. The van der Waals surface area contributed by atoms with Gasteiger partial charge < -0.3 is 10.3 Å². The lowest BCUT2D eigenvalue weighted by Crippen LogP contribution is -2.36. The Hall–Kier alpha value is -2.59. The Morgan fingerprint density at radius 3 is 2.92 bits per heavy atom. The SMILES string of the molecule is Cc1ccc2c(CN3CCC(NC(=O)c4ccccc4)C3)c[nH]c2c1. The number of aryl methyl sites for hydroxylation is 1.